The summed E-state index contributed by atoms with van der Waals surface area (Å²) in [6, 6.07) is 6.13. The number of hydrogen-bond donors (Lipinski definition) is 0. The standard InChI is InChI=1S/C13H9Cl2NS2/c1-6-3-4-7(2)11-10(6)16-13(18-11)9-5-8(14)12(15)17-9/h3-5H,1-2H3. The minimum Gasteiger partial charge on any atom is -0.235 e. The van der Waals surface area contributed by atoms with Crippen molar-refractivity contribution in [3.05, 3.63) is 38.7 Å². The minimum absolute atomic E-state index is 0.601. The van der Waals surface area contributed by atoms with E-state index >= 15 is 0 Å². The third kappa shape index (κ3) is 1.95. The molecular formula is C13H9Cl2NS2. The molecule has 2 heterocycles. The molecule has 0 radical (unpaired) electrons. The van der Waals surface area contributed by atoms with E-state index in [4.69, 9.17) is 28.2 Å². The first-order valence-corrected chi connectivity index (χ1v) is 7.77. The summed E-state index contributed by atoms with van der Waals surface area (Å²) in [7, 11) is 0. The van der Waals surface area contributed by atoms with Crippen LogP contribution in [0.1, 0.15) is 11.1 Å². The van der Waals surface area contributed by atoms with E-state index in [9.17, 15) is 0 Å². The van der Waals surface area contributed by atoms with Crippen molar-refractivity contribution in [3.63, 3.8) is 0 Å². The van der Waals surface area contributed by atoms with Gasteiger partial charge in [0.25, 0.3) is 0 Å². The highest BCUT2D eigenvalue weighted by molar-refractivity contribution is 7.27. The Bertz CT molecular complexity index is 684. The monoisotopic (exact) mass is 313 g/mol. The van der Waals surface area contributed by atoms with Crippen LogP contribution in [0.5, 0.6) is 0 Å². The summed E-state index contributed by atoms with van der Waals surface area (Å²) >= 11 is 15.2. The lowest BCUT2D eigenvalue weighted by atomic mass is 10.1. The molecule has 0 aliphatic heterocycles. The Labute approximate surface area is 123 Å². The van der Waals surface area contributed by atoms with Crippen molar-refractivity contribution in [3.8, 4) is 9.88 Å². The van der Waals surface area contributed by atoms with Gasteiger partial charge in [-0.15, -0.1) is 22.7 Å². The van der Waals surface area contributed by atoms with E-state index in [0.717, 1.165) is 15.4 Å². The molecule has 2 aromatic heterocycles. The molecule has 92 valence electrons. The van der Waals surface area contributed by atoms with Crippen molar-refractivity contribution in [1.29, 1.82) is 0 Å². The Hall–Kier alpha value is -0.610. The van der Waals surface area contributed by atoms with Gasteiger partial charge in [0.05, 0.1) is 20.1 Å². The van der Waals surface area contributed by atoms with Crippen LogP contribution in [0.2, 0.25) is 9.36 Å². The zero-order valence-corrected chi connectivity index (χ0v) is 12.9. The summed E-state index contributed by atoms with van der Waals surface area (Å²) in [5.74, 6) is 0. The molecule has 3 rings (SSSR count). The molecule has 0 saturated heterocycles. The molecule has 18 heavy (non-hydrogen) atoms. The summed E-state index contributed by atoms with van der Waals surface area (Å²) in [5, 5.41) is 1.59. The molecule has 0 N–H and O–H groups in total. The number of benzene rings is 1. The van der Waals surface area contributed by atoms with E-state index in [1.165, 1.54) is 27.2 Å². The Morgan fingerprint density at radius 3 is 2.39 bits per heavy atom. The number of hydrogen-bond acceptors (Lipinski definition) is 3. The normalized spacial score (nSPS) is 11.3. The maximum absolute atomic E-state index is 6.00. The topological polar surface area (TPSA) is 12.9 Å². The lowest BCUT2D eigenvalue weighted by Crippen LogP contribution is -1.78. The fourth-order valence-electron chi connectivity index (χ4n) is 1.82. The SMILES string of the molecule is Cc1ccc(C)c2sc(-c3cc(Cl)c(Cl)s3)nc12. The van der Waals surface area contributed by atoms with Crippen LogP contribution in [0.4, 0.5) is 0 Å². The summed E-state index contributed by atoms with van der Waals surface area (Å²) in [5.41, 5.74) is 3.54. The first kappa shape index (κ1) is 12.4. The number of thiophene rings is 1. The maximum atomic E-state index is 6.00. The lowest BCUT2D eigenvalue weighted by molar-refractivity contribution is 1.41. The van der Waals surface area contributed by atoms with Crippen molar-refractivity contribution in [2.75, 3.05) is 0 Å². The molecule has 0 saturated carbocycles. The van der Waals surface area contributed by atoms with E-state index in [2.05, 4.69) is 26.0 Å². The summed E-state index contributed by atoms with van der Waals surface area (Å²) in [6.07, 6.45) is 0. The smallest absolute Gasteiger partial charge is 0.134 e. The number of rotatable bonds is 1. The van der Waals surface area contributed by atoms with E-state index < -0.39 is 0 Å². The lowest BCUT2D eigenvalue weighted by Gasteiger charge is -1.96. The van der Waals surface area contributed by atoms with Gasteiger partial charge in [-0.2, -0.15) is 0 Å². The Morgan fingerprint density at radius 2 is 1.78 bits per heavy atom. The highest BCUT2D eigenvalue weighted by Gasteiger charge is 2.13. The number of fused-ring (bicyclic) bond motifs is 1. The van der Waals surface area contributed by atoms with Gasteiger partial charge in [-0.3, -0.25) is 0 Å². The minimum atomic E-state index is 0.601. The average Bonchev–Trinajstić information content (AvgIpc) is 2.90. The molecule has 0 aliphatic carbocycles. The van der Waals surface area contributed by atoms with Gasteiger partial charge in [0.15, 0.2) is 0 Å². The van der Waals surface area contributed by atoms with Crippen LogP contribution >= 0.6 is 45.9 Å². The van der Waals surface area contributed by atoms with Crippen LogP contribution in [-0.2, 0) is 0 Å². The molecular weight excluding hydrogens is 305 g/mol. The molecule has 0 aliphatic rings. The Morgan fingerprint density at radius 1 is 1.06 bits per heavy atom. The second-order valence-corrected chi connectivity index (χ2v) is 7.19. The van der Waals surface area contributed by atoms with Gasteiger partial charge < -0.3 is 0 Å². The average molecular weight is 314 g/mol. The first-order chi connectivity index (χ1) is 8.56. The zero-order valence-electron chi connectivity index (χ0n) is 9.75. The van der Waals surface area contributed by atoms with E-state index in [0.29, 0.717) is 9.36 Å². The van der Waals surface area contributed by atoms with Crippen LogP contribution in [0.3, 0.4) is 0 Å². The van der Waals surface area contributed by atoms with Crippen molar-refractivity contribution in [1.82, 2.24) is 4.98 Å². The second kappa shape index (κ2) is 4.49. The van der Waals surface area contributed by atoms with Gasteiger partial charge in [0.1, 0.15) is 9.34 Å². The summed E-state index contributed by atoms with van der Waals surface area (Å²) in [6.45, 7) is 4.19. The van der Waals surface area contributed by atoms with Gasteiger partial charge in [0.2, 0.25) is 0 Å². The van der Waals surface area contributed by atoms with Crippen LogP contribution in [0.25, 0.3) is 20.1 Å². The van der Waals surface area contributed by atoms with Crippen molar-refractivity contribution in [2.45, 2.75) is 13.8 Å². The number of aromatic nitrogens is 1. The number of halogens is 2. The van der Waals surface area contributed by atoms with Crippen LogP contribution < -0.4 is 0 Å². The van der Waals surface area contributed by atoms with Crippen LogP contribution in [0.15, 0.2) is 18.2 Å². The molecule has 3 aromatic rings. The quantitative estimate of drug-likeness (QED) is 0.541. The summed E-state index contributed by atoms with van der Waals surface area (Å²) < 4.78 is 1.87. The number of aryl methyl sites for hydroxylation is 2. The third-order valence-corrected chi connectivity index (χ3v) is 6.02. The van der Waals surface area contributed by atoms with E-state index in [1.54, 1.807) is 11.3 Å². The molecule has 0 atom stereocenters. The molecule has 1 aromatic carbocycles. The molecule has 0 unspecified atom stereocenters. The molecule has 0 spiro atoms. The second-order valence-electron chi connectivity index (χ2n) is 4.13. The Balaban J connectivity index is 2.25. The molecule has 0 bridgehead atoms. The first-order valence-electron chi connectivity index (χ1n) is 5.38. The van der Waals surface area contributed by atoms with Gasteiger partial charge in [-0.25, -0.2) is 4.98 Å². The van der Waals surface area contributed by atoms with Crippen molar-refractivity contribution >= 4 is 56.1 Å². The van der Waals surface area contributed by atoms with Gasteiger partial charge >= 0.3 is 0 Å². The molecule has 5 heteroatoms. The fourth-order valence-corrected chi connectivity index (χ4v) is 4.34. The predicted molar refractivity (Wildman–Crippen MR) is 82.4 cm³/mol. The maximum Gasteiger partial charge on any atom is 0.134 e. The van der Waals surface area contributed by atoms with Crippen molar-refractivity contribution in [2.24, 2.45) is 0 Å². The molecule has 0 amide bonds. The van der Waals surface area contributed by atoms with Crippen LogP contribution in [0, 0.1) is 13.8 Å². The van der Waals surface area contributed by atoms with Crippen LogP contribution in [-0.4, -0.2) is 4.98 Å². The fraction of sp³-hybridized carbons (Fsp3) is 0.154. The third-order valence-electron chi connectivity index (χ3n) is 2.80. The number of thiazole rings is 1. The van der Waals surface area contributed by atoms with Gasteiger partial charge in [-0.1, -0.05) is 35.3 Å². The zero-order chi connectivity index (χ0) is 12.9. The highest BCUT2D eigenvalue weighted by atomic mass is 35.5. The van der Waals surface area contributed by atoms with Gasteiger partial charge in [-0.05, 0) is 31.0 Å². The molecule has 1 nitrogen and oxygen atoms in total. The molecule has 0 fully saturated rings. The predicted octanol–water partition coefficient (Wildman–Crippen LogP) is 5.95. The summed E-state index contributed by atoms with van der Waals surface area (Å²) in [4.78, 5) is 5.74. The highest BCUT2D eigenvalue weighted by Crippen LogP contribution is 2.41. The Kier molecular flexibility index (Phi) is 3.10. The number of nitrogens with zero attached hydrogens (tertiary/aromatic N) is 1. The largest absolute Gasteiger partial charge is 0.235 e. The van der Waals surface area contributed by atoms with E-state index in [-0.39, 0.29) is 0 Å². The van der Waals surface area contributed by atoms with E-state index in [1.807, 2.05) is 6.07 Å². The van der Waals surface area contributed by atoms with Crippen molar-refractivity contribution < 1.29 is 0 Å². The van der Waals surface area contributed by atoms with Gasteiger partial charge in [0, 0.05) is 0 Å².